The third kappa shape index (κ3) is 5.93. The van der Waals surface area contributed by atoms with Gasteiger partial charge in [-0.05, 0) is 18.6 Å². The standard InChI is InChI=1S/C15H18F2N4O2/c16-13-3-2-12(10-14(13)17)23-9-6-20-15(22)19-4-1-7-21-8-5-18-11-21/h2-3,5,8,10-11H,1,4,6-7,9H2,(H2,19,20,22). The van der Waals surface area contributed by atoms with Crippen LogP contribution in [0.4, 0.5) is 13.6 Å². The summed E-state index contributed by atoms with van der Waals surface area (Å²) in [7, 11) is 0. The highest BCUT2D eigenvalue weighted by molar-refractivity contribution is 5.73. The lowest BCUT2D eigenvalue weighted by molar-refractivity contribution is 0.236. The molecular formula is C15H18F2N4O2. The molecule has 2 N–H and O–H groups in total. The number of nitrogens with zero attached hydrogens (tertiary/aromatic N) is 2. The van der Waals surface area contributed by atoms with Crippen LogP contribution in [0.1, 0.15) is 6.42 Å². The number of urea groups is 1. The van der Waals surface area contributed by atoms with Gasteiger partial charge < -0.3 is 19.9 Å². The van der Waals surface area contributed by atoms with Gasteiger partial charge in [0.25, 0.3) is 0 Å². The Morgan fingerprint density at radius 2 is 2.04 bits per heavy atom. The number of carbonyl (C=O) groups excluding carboxylic acids is 1. The number of amides is 2. The summed E-state index contributed by atoms with van der Waals surface area (Å²) in [6.07, 6.45) is 6.06. The van der Waals surface area contributed by atoms with Crippen LogP contribution in [0.25, 0.3) is 0 Å². The zero-order valence-electron chi connectivity index (χ0n) is 12.5. The minimum atomic E-state index is -0.967. The lowest BCUT2D eigenvalue weighted by Crippen LogP contribution is -2.38. The molecule has 6 nitrogen and oxygen atoms in total. The Balaban J connectivity index is 1.53. The Morgan fingerprint density at radius 1 is 1.22 bits per heavy atom. The monoisotopic (exact) mass is 324 g/mol. The molecular weight excluding hydrogens is 306 g/mol. The number of hydrogen-bond donors (Lipinski definition) is 2. The molecule has 0 saturated carbocycles. The maximum absolute atomic E-state index is 13.0. The molecule has 1 heterocycles. The number of halogens is 2. The molecule has 2 amide bonds. The second kappa shape index (κ2) is 8.72. The average Bonchev–Trinajstić information content (AvgIpc) is 3.05. The van der Waals surface area contributed by atoms with Gasteiger partial charge in [-0.15, -0.1) is 0 Å². The van der Waals surface area contributed by atoms with Gasteiger partial charge in [0.15, 0.2) is 11.6 Å². The van der Waals surface area contributed by atoms with Crippen LogP contribution >= 0.6 is 0 Å². The summed E-state index contributed by atoms with van der Waals surface area (Å²) >= 11 is 0. The van der Waals surface area contributed by atoms with E-state index >= 15 is 0 Å². The molecule has 0 atom stereocenters. The average molecular weight is 324 g/mol. The Morgan fingerprint density at radius 3 is 2.78 bits per heavy atom. The van der Waals surface area contributed by atoms with Crippen molar-refractivity contribution in [1.82, 2.24) is 20.2 Å². The first kappa shape index (κ1) is 16.7. The predicted molar refractivity (Wildman–Crippen MR) is 80.1 cm³/mol. The number of aromatic nitrogens is 2. The van der Waals surface area contributed by atoms with Gasteiger partial charge in [0.2, 0.25) is 0 Å². The van der Waals surface area contributed by atoms with Crippen LogP contribution in [-0.4, -0.2) is 35.3 Å². The molecule has 0 bridgehead atoms. The van der Waals surface area contributed by atoms with Gasteiger partial charge in [-0.1, -0.05) is 0 Å². The van der Waals surface area contributed by atoms with Crippen LogP contribution in [0.2, 0.25) is 0 Å². The molecule has 1 aromatic carbocycles. The maximum Gasteiger partial charge on any atom is 0.314 e. The van der Waals surface area contributed by atoms with E-state index in [9.17, 15) is 13.6 Å². The lowest BCUT2D eigenvalue weighted by atomic mass is 10.3. The molecule has 0 unspecified atom stereocenters. The summed E-state index contributed by atoms with van der Waals surface area (Å²) in [6.45, 7) is 1.73. The second-order valence-electron chi connectivity index (χ2n) is 4.76. The van der Waals surface area contributed by atoms with Crippen molar-refractivity contribution in [3.63, 3.8) is 0 Å². The molecule has 2 aromatic rings. The van der Waals surface area contributed by atoms with Crippen LogP contribution in [0, 0.1) is 11.6 Å². The highest BCUT2D eigenvalue weighted by Gasteiger charge is 2.03. The Kier molecular flexibility index (Phi) is 6.34. The Labute approximate surface area is 132 Å². The van der Waals surface area contributed by atoms with Crippen molar-refractivity contribution in [3.05, 3.63) is 48.6 Å². The first-order chi connectivity index (χ1) is 11.1. The van der Waals surface area contributed by atoms with Crippen molar-refractivity contribution >= 4 is 6.03 Å². The fraction of sp³-hybridized carbons (Fsp3) is 0.333. The largest absolute Gasteiger partial charge is 0.492 e. The van der Waals surface area contributed by atoms with E-state index in [0.717, 1.165) is 25.1 Å². The first-order valence-corrected chi connectivity index (χ1v) is 7.20. The highest BCUT2D eigenvalue weighted by Crippen LogP contribution is 2.14. The normalized spacial score (nSPS) is 10.3. The third-order valence-electron chi connectivity index (χ3n) is 2.99. The predicted octanol–water partition coefficient (Wildman–Crippen LogP) is 1.93. The second-order valence-corrected chi connectivity index (χ2v) is 4.76. The number of imidazole rings is 1. The van der Waals surface area contributed by atoms with E-state index in [4.69, 9.17) is 4.74 Å². The van der Waals surface area contributed by atoms with Gasteiger partial charge in [-0.2, -0.15) is 0 Å². The molecule has 0 radical (unpaired) electrons. The quantitative estimate of drug-likeness (QED) is 0.729. The van der Waals surface area contributed by atoms with Crippen LogP contribution < -0.4 is 15.4 Å². The van der Waals surface area contributed by atoms with Crippen LogP contribution in [0.5, 0.6) is 5.75 Å². The van der Waals surface area contributed by atoms with Gasteiger partial charge in [0.1, 0.15) is 12.4 Å². The van der Waals surface area contributed by atoms with Crippen LogP contribution in [0.3, 0.4) is 0 Å². The molecule has 124 valence electrons. The molecule has 1 aromatic heterocycles. The van der Waals surface area contributed by atoms with Crippen molar-refractivity contribution in [2.45, 2.75) is 13.0 Å². The van der Waals surface area contributed by atoms with E-state index in [0.29, 0.717) is 6.54 Å². The maximum atomic E-state index is 13.0. The summed E-state index contributed by atoms with van der Waals surface area (Å²) in [5.41, 5.74) is 0. The van der Waals surface area contributed by atoms with Crippen molar-refractivity contribution in [2.24, 2.45) is 0 Å². The van der Waals surface area contributed by atoms with Crippen molar-refractivity contribution in [1.29, 1.82) is 0 Å². The third-order valence-corrected chi connectivity index (χ3v) is 2.99. The zero-order valence-corrected chi connectivity index (χ0v) is 12.5. The number of nitrogens with one attached hydrogen (secondary N) is 2. The van der Waals surface area contributed by atoms with Gasteiger partial charge in [0, 0.05) is 31.5 Å². The molecule has 23 heavy (non-hydrogen) atoms. The van der Waals surface area contributed by atoms with Crippen LogP contribution in [0.15, 0.2) is 36.9 Å². The van der Waals surface area contributed by atoms with Gasteiger partial charge >= 0.3 is 6.03 Å². The summed E-state index contributed by atoms with van der Waals surface area (Å²) in [4.78, 5) is 15.4. The number of benzene rings is 1. The number of ether oxygens (including phenoxy) is 1. The zero-order chi connectivity index (χ0) is 16.5. The van der Waals surface area contributed by atoms with Crippen molar-refractivity contribution in [3.8, 4) is 5.75 Å². The summed E-state index contributed by atoms with van der Waals surface area (Å²) < 4.78 is 32.8. The molecule has 0 spiro atoms. The minimum Gasteiger partial charge on any atom is -0.492 e. The lowest BCUT2D eigenvalue weighted by Gasteiger charge is -2.09. The van der Waals surface area contributed by atoms with E-state index in [1.165, 1.54) is 6.07 Å². The highest BCUT2D eigenvalue weighted by atomic mass is 19.2. The summed E-state index contributed by atoms with van der Waals surface area (Å²) in [5.74, 6) is -1.68. The van der Waals surface area contributed by atoms with Crippen molar-refractivity contribution < 1.29 is 18.3 Å². The Bertz CT molecular complexity index is 620. The number of aryl methyl sites for hydroxylation is 1. The molecule has 0 aliphatic heterocycles. The van der Waals surface area contributed by atoms with Gasteiger partial charge in [-0.3, -0.25) is 0 Å². The Hall–Kier alpha value is -2.64. The summed E-state index contributed by atoms with van der Waals surface area (Å²) in [5, 5.41) is 5.32. The topological polar surface area (TPSA) is 68.2 Å². The van der Waals surface area contributed by atoms with Crippen molar-refractivity contribution in [2.75, 3.05) is 19.7 Å². The molecule has 0 fully saturated rings. The number of carbonyl (C=O) groups is 1. The molecule has 0 aliphatic carbocycles. The molecule has 2 rings (SSSR count). The van der Waals surface area contributed by atoms with E-state index in [1.54, 1.807) is 12.5 Å². The van der Waals surface area contributed by atoms with E-state index in [1.807, 2.05) is 10.8 Å². The SMILES string of the molecule is O=C(NCCCn1ccnc1)NCCOc1ccc(F)c(F)c1. The number of rotatable bonds is 8. The summed E-state index contributed by atoms with van der Waals surface area (Å²) in [6, 6.07) is 2.98. The van der Waals surface area contributed by atoms with Gasteiger partial charge in [-0.25, -0.2) is 18.6 Å². The fourth-order valence-corrected chi connectivity index (χ4v) is 1.85. The van der Waals surface area contributed by atoms with Gasteiger partial charge in [0.05, 0.1) is 12.9 Å². The first-order valence-electron chi connectivity index (χ1n) is 7.20. The fourth-order valence-electron chi connectivity index (χ4n) is 1.85. The number of hydrogen-bond acceptors (Lipinski definition) is 3. The molecule has 8 heteroatoms. The van der Waals surface area contributed by atoms with E-state index < -0.39 is 11.6 Å². The van der Waals surface area contributed by atoms with E-state index in [-0.39, 0.29) is 24.9 Å². The molecule has 0 saturated heterocycles. The smallest absolute Gasteiger partial charge is 0.314 e. The van der Waals surface area contributed by atoms with E-state index in [2.05, 4.69) is 15.6 Å². The minimum absolute atomic E-state index is 0.160. The van der Waals surface area contributed by atoms with Crippen LogP contribution in [-0.2, 0) is 6.54 Å². The molecule has 0 aliphatic rings.